The molecular formula is C42H66FN7O18. The average molecular weight is 976 g/mol. The van der Waals surface area contributed by atoms with Crippen LogP contribution in [0, 0.1) is 17.8 Å². The summed E-state index contributed by atoms with van der Waals surface area (Å²) >= 11 is 0. The number of nitrogens with zero attached hydrogens (tertiary/aromatic N) is 4. The molecule has 0 bridgehead atoms. The Labute approximate surface area is 392 Å². The maximum atomic E-state index is 13.8. The van der Waals surface area contributed by atoms with Crippen molar-refractivity contribution in [1.29, 1.82) is 0 Å². The Bertz CT molecular complexity index is 1810. The van der Waals surface area contributed by atoms with Crippen molar-refractivity contribution in [1.82, 2.24) is 35.8 Å². The largest absolute Gasteiger partial charge is 0.481 e. The van der Waals surface area contributed by atoms with Gasteiger partial charge in [-0.05, 0) is 32.1 Å². The molecular weight excluding hydrogens is 909 g/mol. The number of aryl methyl sites for hydroxylation is 1. The lowest BCUT2D eigenvalue weighted by molar-refractivity contribution is -0.146. The number of carboxylic acids is 4. The van der Waals surface area contributed by atoms with Crippen LogP contribution in [-0.4, -0.2) is 191 Å². The number of hydrogen-bond acceptors (Lipinski definition) is 16. The van der Waals surface area contributed by atoms with Crippen LogP contribution in [0.3, 0.4) is 0 Å². The van der Waals surface area contributed by atoms with Crippen LogP contribution in [0.5, 0.6) is 0 Å². The summed E-state index contributed by atoms with van der Waals surface area (Å²) in [6.45, 7) is 5.15. The van der Waals surface area contributed by atoms with E-state index in [1.807, 2.05) is 0 Å². The fourth-order valence-electron chi connectivity index (χ4n) is 6.21. The SMILES string of the molecule is CC(C)[C@H](CC(=O)[C@H](CCC(=O)O)NC(=O)[C@@H](CC(=O)O)CC(=O)Cn1cc(CCCF)nn1)C(=O)N[C@H](CC(=O)O)C(=O)N(C)[C@@H](C)C(=O)NCCOCCOCCOCCOCCC(=O)O. The van der Waals surface area contributed by atoms with Gasteiger partial charge >= 0.3 is 23.9 Å². The van der Waals surface area contributed by atoms with Crippen molar-refractivity contribution in [2.75, 3.05) is 73.1 Å². The van der Waals surface area contributed by atoms with Gasteiger partial charge in [-0.1, -0.05) is 19.1 Å². The Morgan fingerprint density at radius 3 is 1.79 bits per heavy atom. The quantitative estimate of drug-likeness (QED) is 0.0399. The number of ether oxygens (including phenoxy) is 4. The summed E-state index contributed by atoms with van der Waals surface area (Å²) in [7, 11) is 1.23. The normalized spacial score (nSPS) is 13.4. The Balaban J connectivity index is 2.87. The first-order valence-corrected chi connectivity index (χ1v) is 22.0. The third-order valence-electron chi connectivity index (χ3n) is 10.1. The molecule has 25 nitrogen and oxygen atoms in total. The second-order valence-corrected chi connectivity index (χ2v) is 15.9. The number of ketones is 2. The number of aromatic nitrogens is 3. The zero-order chi connectivity index (χ0) is 51.2. The molecule has 0 aromatic carbocycles. The number of Topliss-reactive ketones (excluding diaryl/α,β-unsaturated/α-hetero) is 2. The Morgan fingerprint density at radius 2 is 1.25 bits per heavy atom. The number of aliphatic carboxylic acids is 4. The van der Waals surface area contributed by atoms with E-state index in [1.165, 1.54) is 20.2 Å². The van der Waals surface area contributed by atoms with Crippen LogP contribution >= 0.6 is 0 Å². The molecule has 0 unspecified atom stereocenters. The fraction of sp³-hybridized carbons (Fsp3) is 0.714. The van der Waals surface area contributed by atoms with E-state index >= 15 is 0 Å². The van der Waals surface area contributed by atoms with E-state index in [-0.39, 0.29) is 78.7 Å². The summed E-state index contributed by atoms with van der Waals surface area (Å²) in [5.41, 5.74) is 0.408. The van der Waals surface area contributed by atoms with E-state index in [1.54, 1.807) is 13.8 Å². The molecule has 4 amide bonds. The molecule has 0 aliphatic rings. The topological polar surface area (TPSA) is 359 Å². The number of alkyl halides is 1. The number of nitrogens with one attached hydrogen (secondary N) is 3. The van der Waals surface area contributed by atoms with E-state index in [2.05, 4.69) is 26.3 Å². The van der Waals surface area contributed by atoms with Crippen molar-refractivity contribution < 1.29 is 91.7 Å². The number of likely N-dealkylation sites (N-methyl/N-ethyl adjacent to an activating group) is 1. The minimum absolute atomic E-state index is 0.0385. The standard InChI is InChI=1S/C42H66FN7O18/c1-26(2)31(22-34(52)32(7-8-35(53)54)45-40(62)28(21-37(57)58)20-30(51)25-50-24-29(47-48-50)6-5-10-43)41(63)46-33(23-38(59)60)42(64)49(4)27(3)39(61)44-11-13-66-15-17-68-19-18-67-16-14-65-12-9-36(55)56/h24,26-28,31-33H,5-23,25H2,1-4H3,(H,44,61)(H,45,62)(H,46,63)(H,53,54)(H,55,56)(H,57,58)(H,59,60)/t27-,28+,31-,32-,33+/m0/s1. The second-order valence-electron chi connectivity index (χ2n) is 15.9. The number of carboxylic acid groups (broad SMARTS) is 4. The summed E-state index contributed by atoms with van der Waals surface area (Å²) in [5.74, 6) is -13.7. The van der Waals surface area contributed by atoms with Gasteiger partial charge in [0.2, 0.25) is 23.6 Å². The molecule has 26 heteroatoms. The first-order valence-electron chi connectivity index (χ1n) is 22.0. The highest BCUT2D eigenvalue weighted by atomic mass is 19.1. The average Bonchev–Trinajstić information content (AvgIpc) is 3.71. The van der Waals surface area contributed by atoms with Crippen molar-refractivity contribution >= 4 is 59.1 Å². The molecule has 0 aliphatic heterocycles. The van der Waals surface area contributed by atoms with Gasteiger partial charge in [-0.2, -0.15) is 0 Å². The predicted molar refractivity (Wildman–Crippen MR) is 231 cm³/mol. The Hall–Kier alpha value is -5.99. The predicted octanol–water partition coefficient (Wildman–Crippen LogP) is -0.725. The fourth-order valence-corrected chi connectivity index (χ4v) is 6.21. The van der Waals surface area contributed by atoms with Gasteiger partial charge in [0, 0.05) is 45.0 Å². The van der Waals surface area contributed by atoms with E-state index in [0.717, 1.165) is 9.58 Å². The maximum Gasteiger partial charge on any atom is 0.305 e. The van der Waals surface area contributed by atoms with E-state index < -0.39 is 147 Å². The van der Waals surface area contributed by atoms with Crippen LogP contribution < -0.4 is 16.0 Å². The number of carbonyl (C=O) groups is 10. The van der Waals surface area contributed by atoms with Gasteiger partial charge in [-0.3, -0.25) is 52.3 Å². The molecule has 0 fully saturated rings. The van der Waals surface area contributed by atoms with Crippen LogP contribution in [0.25, 0.3) is 0 Å². The third-order valence-corrected chi connectivity index (χ3v) is 10.1. The van der Waals surface area contributed by atoms with Crippen LogP contribution in [0.4, 0.5) is 4.39 Å². The van der Waals surface area contributed by atoms with Gasteiger partial charge in [0.05, 0.1) is 96.4 Å². The van der Waals surface area contributed by atoms with Crippen LogP contribution in [0.2, 0.25) is 0 Å². The highest BCUT2D eigenvalue weighted by Gasteiger charge is 2.36. The minimum Gasteiger partial charge on any atom is -0.481 e. The molecule has 0 spiro atoms. The molecule has 1 heterocycles. The van der Waals surface area contributed by atoms with E-state index in [9.17, 15) is 67.7 Å². The van der Waals surface area contributed by atoms with Crippen molar-refractivity contribution in [3.05, 3.63) is 11.9 Å². The van der Waals surface area contributed by atoms with Crippen molar-refractivity contribution in [3.8, 4) is 0 Å². The van der Waals surface area contributed by atoms with Gasteiger partial charge in [0.1, 0.15) is 18.6 Å². The minimum atomic E-state index is -1.71. The number of amides is 4. The number of rotatable bonds is 40. The summed E-state index contributed by atoms with van der Waals surface area (Å²) in [6.07, 6.45) is -2.40. The molecule has 0 saturated carbocycles. The molecule has 1 aromatic rings. The Kier molecular flexibility index (Phi) is 29.6. The summed E-state index contributed by atoms with van der Waals surface area (Å²) in [4.78, 5) is 127. The lowest BCUT2D eigenvalue weighted by atomic mass is 9.86. The molecule has 0 aliphatic carbocycles. The summed E-state index contributed by atoms with van der Waals surface area (Å²) in [5, 5.41) is 52.0. The lowest BCUT2D eigenvalue weighted by Crippen LogP contribution is -2.55. The van der Waals surface area contributed by atoms with Gasteiger partial charge in [-0.25, -0.2) is 4.68 Å². The molecule has 7 N–H and O–H groups in total. The maximum absolute atomic E-state index is 13.8. The third kappa shape index (κ3) is 25.8. The van der Waals surface area contributed by atoms with Crippen molar-refractivity contribution in [2.24, 2.45) is 17.8 Å². The van der Waals surface area contributed by atoms with Crippen molar-refractivity contribution in [2.45, 2.75) is 103 Å². The Morgan fingerprint density at radius 1 is 0.691 bits per heavy atom. The van der Waals surface area contributed by atoms with Crippen molar-refractivity contribution in [3.63, 3.8) is 0 Å². The molecule has 1 rings (SSSR count). The first kappa shape index (κ1) is 60.0. The van der Waals surface area contributed by atoms with Crippen LogP contribution in [0.15, 0.2) is 6.20 Å². The summed E-state index contributed by atoms with van der Waals surface area (Å²) in [6, 6.07) is -4.44. The lowest BCUT2D eigenvalue weighted by Gasteiger charge is -2.30. The van der Waals surface area contributed by atoms with E-state index in [4.69, 9.17) is 24.1 Å². The number of hydrogen-bond donors (Lipinski definition) is 7. The monoisotopic (exact) mass is 975 g/mol. The first-order chi connectivity index (χ1) is 32.2. The number of carbonyl (C=O) groups excluding carboxylic acids is 6. The molecule has 0 saturated heterocycles. The molecule has 1 aromatic heterocycles. The smallest absolute Gasteiger partial charge is 0.305 e. The molecule has 5 atom stereocenters. The van der Waals surface area contributed by atoms with Gasteiger partial charge in [0.15, 0.2) is 11.6 Å². The molecule has 68 heavy (non-hydrogen) atoms. The van der Waals surface area contributed by atoms with Gasteiger partial charge < -0.3 is 60.2 Å². The summed E-state index contributed by atoms with van der Waals surface area (Å²) < 4.78 is 34.9. The van der Waals surface area contributed by atoms with Gasteiger partial charge in [-0.15, -0.1) is 5.10 Å². The van der Waals surface area contributed by atoms with Gasteiger partial charge in [0.25, 0.3) is 0 Å². The van der Waals surface area contributed by atoms with E-state index in [0.29, 0.717) is 5.69 Å². The zero-order valence-electron chi connectivity index (χ0n) is 38.9. The highest BCUT2D eigenvalue weighted by molar-refractivity contribution is 5.97. The number of halogens is 1. The molecule has 384 valence electrons. The second kappa shape index (κ2) is 33.5. The molecule has 0 radical (unpaired) electrons. The van der Waals surface area contributed by atoms with Crippen LogP contribution in [0.1, 0.15) is 77.8 Å². The highest BCUT2D eigenvalue weighted by Crippen LogP contribution is 2.20. The van der Waals surface area contributed by atoms with Crippen LogP contribution in [-0.2, 0) is 79.9 Å². The zero-order valence-corrected chi connectivity index (χ0v) is 38.9.